The molecule has 1 atom stereocenters. The summed E-state index contributed by atoms with van der Waals surface area (Å²) in [4.78, 5) is 4.04. The second-order valence-corrected chi connectivity index (χ2v) is 4.78. The van der Waals surface area contributed by atoms with Gasteiger partial charge in [-0.1, -0.05) is 0 Å². The standard InChI is InChI=1S/C12H14BrN3O/c1-2-16-8-9(5-15-16)3-12(17)10-4-11(13)7-14-6-10/h4-8,12,17H,2-3H2,1H3. The van der Waals surface area contributed by atoms with Gasteiger partial charge < -0.3 is 5.11 Å². The number of aliphatic hydroxyl groups excluding tert-OH is 1. The fourth-order valence-corrected chi connectivity index (χ4v) is 2.02. The zero-order valence-electron chi connectivity index (χ0n) is 9.55. The zero-order valence-corrected chi connectivity index (χ0v) is 11.1. The molecule has 1 unspecified atom stereocenters. The highest BCUT2D eigenvalue weighted by Gasteiger charge is 2.10. The van der Waals surface area contributed by atoms with Gasteiger partial charge in [-0.05, 0) is 34.5 Å². The summed E-state index contributed by atoms with van der Waals surface area (Å²) in [6.07, 6.45) is 7.13. The third-order valence-electron chi connectivity index (χ3n) is 2.55. The van der Waals surface area contributed by atoms with Gasteiger partial charge in [0.25, 0.3) is 0 Å². The molecular formula is C12H14BrN3O. The van der Waals surface area contributed by atoms with Crippen LogP contribution >= 0.6 is 15.9 Å². The van der Waals surface area contributed by atoms with E-state index < -0.39 is 6.10 Å². The molecule has 5 heteroatoms. The highest BCUT2D eigenvalue weighted by Crippen LogP contribution is 2.20. The topological polar surface area (TPSA) is 50.9 Å². The molecule has 0 aliphatic rings. The van der Waals surface area contributed by atoms with Crippen molar-refractivity contribution >= 4 is 15.9 Å². The van der Waals surface area contributed by atoms with Crippen LogP contribution in [0.3, 0.4) is 0 Å². The van der Waals surface area contributed by atoms with Crippen molar-refractivity contribution in [3.8, 4) is 0 Å². The van der Waals surface area contributed by atoms with E-state index in [4.69, 9.17) is 0 Å². The van der Waals surface area contributed by atoms with Crippen molar-refractivity contribution in [3.05, 3.63) is 46.5 Å². The minimum atomic E-state index is -0.547. The molecule has 0 spiro atoms. The number of hydrogen-bond acceptors (Lipinski definition) is 3. The predicted molar refractivity (Wildman–Crippen MR) is 68.5 cm³/mol. The minimum Gasteiger partial charge on any atom is -0.388 e. The summed E-state index contributed by atoms with van der Waals surface area (Å²) in [5.41, 5.74) is 1.84. The first-order chi connectivity index (χ1) is 8.19. The summed E-state index contributed by atoms with van der Waals surface area (Å²) in [5.74, 6) is 0. The van der Waals surface area contributed by atoms with Gasteiger partial charge in [0.2, 0.25) is 0 Å². The molecule has 0 fully saturated rings. The first kappa shape index (κ1) is 12.3. The molecule has 2 aromatic rings. The molecule has 0 amide bonds. The largest absolute Gasteiger partial charge is 0.388 e. The SMILES string of the molecule is CCn1cc(CC(O)c2cncc(Br)c2)cn1. The van der Waals surface area contributed by atoms with Crippen molar-refractivity contribution in [2.24, 2.45) is 0 Å². The van der Waals surface area contributed by atoms with Crippen LogP contribution in [-0.4, -0.2) is 19.9 Å². The number of hydrogen-bond donors (Lipinski definition) is 1. The Bertz CT molecular complexity index is 498. The third-order valence-corrected chi connectivity index (χ3v) is 2.98. The Morgan fingerprint density at radius 1 is 1.41 bits per heavy atom. The van der Waals surface area contributed by atoms with Gasteiger partial charge in [-0.3, -0.25) is 9.67 Å². The normalized spacial score (nSPS) is 12.6. The number of halogens is 1. The van der Waals surface area contributed by atoms with E-state index in [0.717, 1.165) is 22.1 Å². The molecule has 0 aromatic carbocycles. The lowest BCUT2D eigenvalue weighted by molar-refractivity contribution is 0.178. The molecule has 0 aliphatic heterocycles. The number of nitrogens with zero attached hydrogens (tertiary/aromatic N) is 3. The van der Waals surface area contributed by atoms with Crippen molar-refractivity contribution in [1.82, 2.24) is 14.8 Å². The quantitative estimate of drug-likeness (QED) is 0.942. The molecule has 2 heterocycles. The molecule has 4 nitrogen and oxygen atoms in total. The monoisotopic (exact) mass is 295 g/mol. The van der Waals surface area contributed by atoms with Crippen molar-refractivity contribution in [3.63, 3.8) is 0 Å². The molecule has 90 valence electrons. The van der Waals surface area contributed by atoms with Gasteiger partial charge in [-0.15, -0.1) is 0 Å². The molecule has 0 radical (unpaired) electrons. The summed E-state index contributed by atoms with van der Waals surface area (Å²) in [7, 11) is 0. The second kappa shape index (κ2) is 5.42. The average molecular weight is 296 g/mol. The Kier molecular flexibility index (Phi) is 3.91. The average Bonchev–Trinajstić information content (AvgIpc) is 2.77. The number of aryl methyl sites for hydroxylation is 1. The maximum atomic E-state index is 10.1. The molecule has 1 N–H and O–H groups in total. The van der Waals surface area contributed by atoms with Crippen molar-refractivity contribution in [1.29, 1.82) is 0 Å². The molecule has 0 saturated carbocycles. The fourth-order valence-electron chi connectivity index (χ4n) is 1.64. The number of aliphatic hydroxyl groups is 1. The van der Waals surface area contributed by atoms with Gasteiger partial charge in [0.05, 0.1) is 12.3 Å². The number of pyridine rings is 1. The Labute approximate surface area is 108 Å². The Balaban J connectivity index is 2.08. The van der Waals surface area contributed by atoms with E-state index in [0.29, 0.717) is 6.42 Å². The highest BCUT2D eigenvalue weighted by atomic mass is 79.9. The van der Waals surface area contributed by atoms with Crippen LogP contribution in [0.1, 0.15) is 24.2 Å². The van der Waals surface area contributed by atoms with E-state index >= 15 is 0 Å². The van der Waals surface area contributed by atoms with Crippen LogP contribution in [0, 0.1) is 0 Å². The van der Waals surface area contributed by atoms with Gasteiger partial charge in [-0.2, -0.15) is 5.10 Å². The van der Waals surface area contributed by atoms with E-state index in [1.807, 2.05) is 23.9 Å². The van der Waals surface area contributed by atoms with Crippen molar-refractivity contribution in [2.45, 2.75) is 26.0 Å². The second-order valence-electron chi connectivity index (χ2n) is 3.86. The summed E-state index contributed by atoms with van der Waals surface area (Å²) in [5, 5.41) is 14.3. The fraction of sp³-hybridized carbons (Fsp3) is 0.333. The van der Waals surface area contributed by atoms with E-state index in [-0.39, 0.29) is 0 Å². The first-order valence-electron chi connectivity index (χ1n) is 5.49. The van der Waals surface area contributed by atoms with Gasteiger partial charge in [0, 0.05) is 41.6 Å². The summed E-state index contributed by atoms with van der Waals surface area (Å²) >= 11 is 3.34. The van der Waals surface area contributed by atoms with E-state index in [9.17, 15) is 5.11 Å². The zero-order chi connectivity index (χ0) is 12.3. The van der Waals surface area contributed by atoms with E-state index in [1.54, 1.807) is 18.6 Å². The smallest absolute Gasteiger partial charge is 0.0846 e. The van der Waals surface area contributed by atoms with Gasteiger partial charge in [-0.25, -0.2) is 0 Å². The lowest BCUT2D eigenvalue weighted by Crippen LogP contribution is -2.02. The molecular weight excluding hydrogens is 282 g/mol. The van der Waals surface area contributed by atoms with Crippen LogP contribution in [0.2, 0.25) is 0 Å². The number of rotatable bonds is 4. The summed E-state index contributed by atoms with van der Waals surface area (Å²) in [6.45, 7) is 2.87. The summed E-state index contributed by atoms with van der Waals surface area (Å²) < 4.78 is 2.72. The lowest BCUT2D eigenvalue weighted by atomic mass is 10.1. The van der Waals surface area contributed by atoms with E-state index in [1.165, 1.54) is 0 Å². The van der Waals surface area contributed by atoms with Crippen LogP contribution in [0.5, 0.6) is 0 Å². The minimum absolute atomic E-state index is 0.547. The van der Waals surface area contributed by atoms with Crippen LogP contribution in [0.25, 0.3) is 0 Å². The Morgan fingerprint density at radius 2 is 2.24 bits per heavy atom. The van der Waals surface area contributed by atoms with Crippen molar-refractivity contribution < 1.29 is 5.11 Å². The number of aromatic nitrogens is 3. The van der Waals surface area contributed by atoms with E-state index in [2.05, 4.69) is 26.0 Å². The molecule has 2 aromatic heterocycles. The third kappa shape index (κ3) is 3.14. The van der Waals surface area contributed by atoms with Crippen molar-refractivity contribution in [2.75, 3.05) is 0 Å². The Hall–Kier alpha value is -1.20. The maximum absolute atomic E-state index is 10.1. The molecule has 0 saturated heterocycles. The molecule has 0 aliphatic carbocycles. The molecule has 17 heavy (non-hydrogen) atoms. The lowest BCUT2D eigenvalue weighted by Gasteiger charge is -2.09. The maximum Gasteiger partial charge on any atom is 0.0846 e. The van der Waals surface area contributed by atoms with Gasteiger partial charge in [0.1, 0.15) is 0 Å². The van der Waals surface area contributed by atoms with Crippen LogP contribution in [-0.2, 0) is 13.0 Å². The summed E-state index contributed by atoms with van der Waals surface area (Å²) in [6, 6.07) is 1.88. The van der Waals surface area contributed by atoms with Crippen LogP contribution in [0.15, 0.2) is 35.3 Å². The van der Waals surface area contributed by atoms with Gasteiger partial charge in [0.15, 0.2) is 0 Å². The molecule has 0 bridgehead atoms. The first-order valence-corrected chi connectivity index (χ1v) is 6.28. The van der Waals surface area contributed by atoms with Gasteiger partial charge >= 0.3 is 0 Å². The predicted octanol–water partition coefficient (Wildman–Crippen LogP) is 2.34. The van der Waals surface area contributed by atoms with Crippen LogP contribution < -0.4 is 0 Å². The highest BCUT2D eigenvalue weighted by molar-refractivity contribution is 9.10. The Morgan fingerprint density at radius 3 is 2.88 bits per heavy atom. The molecule has 2 rings (SSSR count). The van der Waals surface area contributed by atoms with Crippen LogP contribution in [0.4, 0.5) is 0 Å².